The normalized spacial score (nSPS) is 12.1. The molecule has 10 heteroatoms. The number of aryl methyl sites for hydroxylation is 1. The van der Waals surface area contributed by atoms with Gasteiger partial charge in [-0.25, -0.2) is 4.39 Å². The van der Waals surface area contributed by atoms with Crippen LogP contribution in [0.2, 0.25) is 0 Å². The number of carbonyl (C=O) groups is 2. The van der Waals surface area contributed by atoms with Crippen LogP contribution in [-0.2, 0) is 16.1 Å². The lowest BCUT2D eigenvalue weighted by Gasteiger charge is -2.33. The average Bonchev–Trinajstić information content (AvgIpc) is 3.31. The van der Waals surface area contributed by atoms with Crippen LogP contribution in [0, 0.1) is 12.7 Å². The number of hydrogen-bond acceptors (Lipinski definition) is 6. The van der Waals surface area contributed by atoms with E-state index in [1.807, 2.05) is 39.8 Å². The molecule has 0 radical (unpaired) electrons. The lowest BCUT2D eigenvalue weighted by Crippen LogP contribution is -2.50. The smallest absolute Gasteiger partial charge is 0.251 e. The van der Waals surface area contributed by atoms with E-state index < -0.39 is 23.4 Å². The van der Waals surface area contributed by atoms with E-state index in [-0.39, 0.29) is 23.9 Å². The number of tetrazole rings is 1. The molecule has 0 aliphatic heterocycles. The summed E-state index contributed by atoms with van der Waals surface area (Å²) >= 11 is 0. The van der Waals surface area contributed by atoms with Crippen molar-refractivity contribution in [2.24, 2.45) is 0 Å². The van der Waals surface area contributed by atoms with Gasteiger partial charge in [-0.3, -0.25) is 14.5 Å². The number of phenolic OH excluding ortho intramolecular Hbond substituents is 1. The Morgan fingerprint density at radius 1 is 1.00 bits per heavy atom. The van der Waals surface area contributed by atoms with Crippen molar-refractivity contribution in [1.82, 2.24) is 25.5 Å². The van der Waals surface area contributed by atoms with Crippen LogP contribution < -0.4 is 10.2 Å². The SMILES string of the molecule is Cc1ccc(N(C(=O)Cn2nnc(-c3ccc(F)cc3)n2)[C@H](C(=O)NC(C)(C)C)c2ccc(O)cc2)cc1. The van der Waals surface area contributed by atoms with Gasteiger partial charge in [0.2, 0.25) is 11.7 Å². The van der Waals surface area contributed by atoms with Gasteiger partial charge in [-0.2, -0.15) is 4.80 Å². The zero-order chi connectivity index (χ0) is 27.4. The minimum Gasteiger partial charge on any atom is -0.508 e. The fourth-order valence-corrected chi connectivity index (χ4v) is 3.88. The Kier molecular flexibility index (Phi) is 7.52. The minimum absolute atomic E-state index is 0.0390. The number of amides is 2. The zero-order valence-corrected chi connectivity index (χ0v) is 21.6. The Hall–Kier alpha value is -4.60. The van der Waals surface area contributed by atoms with Crippen LogP contribution in [0.4, 0.5) is 10.1 Å². The highest BCUT2D eigenvalue weighted by Crippen LogP contribution is 2.30. The maximum atomic E-state index is 13.9. The monoisotopic (exact) mass is 516 g/mol. The standard InChI is InChI=1S/C28H29FN6O3/c1-18-5-13-22(14-6-18)35(25(27(38)30-28(2,3)4)19-9-15-23(36)16-10-19)24(37)17-34-32-26(31-33-34)20-7-11-21(29)12-8-20/h5-16,25,36H,17H2,1-4H3,(H,30,38)/t25-/m0/s1. The van der Waals surface area contributed by atoms with Crippen molar-refractivity contribution < 1.29 is 19.1 Å². The Balaban J connectivity index is 1.73. The average molecular weight is 517 g/mol. The quantitative estimate of drug-likeness (QED) is 0.381. The highest BCUT2D eigenvalue weighted by atomic mass is 19.1. The van der Waals surface area contributed by atoms with Crippen molar-refractivity contribution in [2.75, 3.05) is 4.90 Å². The molecule has 1 heterocycles. The number of benzene rings is 3. The number of rotatable bonds is 7. The predicted octanol–water partition coefficient (Wildman–Crippen LogP) is 4.18. The summed E-state index contributed by atoms with van der Waals surface area (Å²) in [6, 6.07) is 18.0. The Morgan fingerprint density at radius 3 is 2.24 bits per heavy atom. The van der Waals surface area contributed by atoms with E-state index in [1.165, 1.54) is 41.3 Å². The molecule has 0 spiro atoms. The molecule has 1 atom stereocenters. The van der Waals surface area contributed by atoms with Gasteiger partial charge in [-0.05, 0) is 87.0 Å². The van der Waals surface area contributed by atoms with E-state index in [1.54, 1.807) is 24.3 Å². The van der Waals surface area contributed by atoms with Crippen LogP contribution >= 0.6 is 0 Å². The summed E-state index contributed by atoms with van der Waals surface area (Å²) in [5.74, 6) is -0.967. The minimum atomic E-state index is -1.05. The predicted molar refractivity (Wildman–Crippen MR) is 141 cm³/mol. The summed E-state index contributed by atoms with van der Waals surface area (Å²) in [6.07, 6.45) is 0. The molecular formula is C28H29FN6O3. The largest absolute Gasteiger partial charge is 0.508 e. The van der Waals surface area contributed by atoms with Crippen molar-refractivity contribution in [3.63, 3.8) is 0 Å². The molecule has 0 saturated heterocycles. The number of aromatic hydroxyl groups is 1. The fourth-order valence-electron chi connectivity index (χ4n) is 3.88. The Bertz CT molecular complexity index is 1410. The van der Waals surface area contributed by atoms with E-state index in [0.29, 0.717) is 16.8 Å². The first-order valence-corrected chi connectivity index (χ1v) is 12.0. The summed E-state index contributed by atoms with van der Waals surface area (Å²) in [5, 5.41) is 25.1. The first-order chi connectivity index (χ1) is 18.0. The van der Waals surface area contributed by atoms with Crippen LogP contribution in [0.3, 0.4) is 0 Å². The lowest BCUT2D eigenvalue weighted by atomic mass is 10.0. The van der Waals surface area contributed by atoms with Gasteiger partial charge >= 0.3 is 0 Å². The Morgan fingerprint density at radius 2 is 1.63 bits per heavy atom. The van der Waals surface area contributed by atoms with Gasteiger partial charge in [-0.1, -0.05) is 29.8 Å². The van der Waals surface area contributed by atoms with Gasteiger partial charge in [0.1, 0.15) is 24.2 Å². The third-order valence-corrected chi connectivity index (χ3v) is 5.63. The van der Waals surface area contributed by atoms with Gasteiger partial charge < -0.3 is 10.4 Å². The number of halogens is 1. The van der Waals surface area contributed by atoms with Crippen LogP contribution in [0.25, 0.3) is 11.4 Å². The number of hydrogen-bond donors (Lipinski definition) is 2. The molecular weight excluding hydrogens is 487 g/mol. The molecule has 4 aromatic rings. The van der Waals surface area contributed by atoms with Crippen LogP contribution in [0.15, 0.2) is 72.8 Å². The van der Waals surface area contributed by atoms with Crippen molar-refractivity contribution in [1.29, 1.82) is 0 Å². The van der Waals surface area contributed by atoms with E-state index in [2.05, 4.69) is 20.7 Å². The van der Waals surface area contributed by atoms with E-state index in [0.717, 1.165) is 10.4 Å². The molecule has 38 heavy (non-hydrogen) atoms. The van der Waals surface area contributed by atoms with Crippen molar-refractivity contribution in [3.8, 4) is 17.1 Å². The molecule has 2 amide bonds. The van der Waals surface area contributed by atoms with E-state index in [9.17, 15) is 19.1 Å². The highest BCUT2D eigenvalue weighted by molar-refractivity contribution is 6.01. The number of nitrogens with one attached hydrogen (secondary N) is 1. The second-order valence-electron chi connectivity index (χ2n) is 9.98. The number of nitrogens with zero attached hydrogens (tertiary/aromatic N) is 5. The van der Waals surface area contributed by atoms with Crippen molar-refractivity contribution in [2.45, 2.75) is 45.8 Å². The first kappa shape index (κ1) is 26.5. The Labute approximate surface area is 219 Å². The highest BCUT2D eigenvalue weighted by Gasteiger charge is 2.35. The molecule has 4 rings (SSSR count). The summed E-state index contributed by atoms with van der Waals surface area (Å²) < 4.78 is 13.3. The van der Waals surface area contributed by atoms with Crippen LogP contribution in [0.1, 0.15) is 37.9 Å². The van der Waals surface area contributed by atoms with E-state index >= 15 is 0 Å². The van der Waals surface area contributed by atoms with Crippen LogP contribution in [-0.4, -0.2) is 42.7 Å². The molecule has 2 N–H and O–H groups in total. The maximum Gasteiger partial charge on any atom is 0.251 e. The van der Waals surface area contributed by atoms with Gasteiger partial charge in [-0.15, -0.1) is 10.2 Å². The summed E-state index contributed by atoms with van der Waals surface area (Å²) in [5.41, 5.74) is 1.99. The van der Waals surface area contributed by atoms with Crippen molar-refractivity contribution in [3.05, 3.63) is 89.7 Å². The number of carbonyl (C=O) groups excluding carboxylic acids is 2. The molecule has 0 aliphatic carbocycles. The van der Waals surface area contributed by atoms with Crippen LogP contribution in [0.5, 0.6) is 5.75 Å². The first-order valence-electron chi connectivity index (χ1n) is 12.0. The number of phenols is 1. The molecule has 3 aromatic carbocycles. The summed E-state index contributed by atoms with van der Waals surface area (Å²) in [6.45, 7) is 7.18. The summed E-state index contributed by atoms with van der Waals surface area (Å²) in [7, 11) is 0. The van der Waals surface area contributed by atoms with Gasteiger partial charge in [0, 0.05) is 16.8 Å². The third-order valence-electron chi connectivity index (χ3n) is 5.63. The number of anilines is 1. The maximum absolute atomic E-state index is 13.9. The van der Waals surface area contributed by atoms with E-state index in [4.69, 9.17) is 0 Å². The lowest BCUT2D eigenvalue weighted by molar-refractivity contribution is -0.128. The van der Waals surface area contributed by atoms with Gasteiger partial charge in [0.05, 0.1) is 0 Å². The van der Waals surface area contributed by atoms with Gasteiger partial charge in [0.25, 0.3) is 5.91 Å². The molecule has 9 nitrogen and oxygen atoms in total. The van der Waals surface area contributed by atoms with Crippen molar-refractivity contribution >= 4 is 17.5 Å². The third kappa shape index (κ3) is 6.39. The molecule has 0 unspecified atom stereocenters. The molecule has 196 valence electrons. The second kappa shape index (κ2) is 10.8. The molecule has 0 bridgehead atoms. The summed E-state index contributed by atoms with van der Waals surface area (Å²) in [4.78, 5) is 30.0. The second-order valence-corrected chi connectivity index (χ2v) is 9.98. The molecule has 0 aliphatic rings. The molecule has 1 aromatic heterocycles. The molecule has 0 saturated carbocycles. The molecule has 0 fully saturated rings. The topological polar surface area (TPSA) is 113 Å². The van der Waals surface area contributed by atoms with Gasteiger partial charge in [0.15, 0.2) is 0 Å². The fraction of sp³-hybridized carbons (Fsp3) is 0.250. The zero-order valence-electron chi connectivity index (χ0n) is 21.6. The number of aromatic nitrogens is 4.